The van der Waals surface area contributed by atoms with Crippen LogP contribution in [0.15, 0.2) is 29.8 Å². The number of hydrogen-bond acceptors (Lipinski definition) is 4. The number of nitrogens with one attached hydrogen (secondary N) is 1. The Morgan fingerprint density at radius 3 is 2.83 bits per heavy atom. The number of phenolic OH excluding ortho intramolecular Hbond substituents is 1. The highest BCUT2D eigenvalue weighted by Gasteiger charge is 2.22. The van der Waals surface area contributed by atoms with Crippen molar-refractivity contribution in [3.05, 3.63) is 45.9 Å². The molecule has 2 aromatic rings. The van der Waals surface area contributed by atoms with Gasteiger partial charge in [-0.2, -0.15) is 0 Å². The first-order chi connectivity index (χ1) is 8.50. The normalized spacial score (nSPS) is 11.7. The number of rotatable bonds is 4. The summed E-state index contributed by atoms with van der Waals surface area (Å²) in [5.41, 5.74) is 1.63. The van der Waals surface area contributed by atoms with Gasteiger partial charge in [-0.25, -0.2) is 4.98 Å². The molecular weight excluding hydrogens is 244 g/mol. The van der Waals surface area contributed by atoms with Crippen molar-refractivity contribution >= 4 is 11.3 Å². The Kier molecular flexibility index (Phi) is 3.68. The van der Waals surface area contributed by atoms with Crippen molar-refractivity contribution < 1.29 is 5.11 Å². The van der Waals surface area contributed by atoms with Gasteiger partial charge in [-0.1, -0.05) is 18.2 Å². The summed E-state index contributed by atoms with van der Waals surface area (Å²) in [5.74, 6) is 0.375. The first-order valence-electron chi connectivity index (χ1n) is 5.93. The van der Waals surface area contributed by atoms with E-state index in [0.717, 1.165) is 16.1 Å². The minimum atomic E-state index is -0.190. The zero-order valence-corrected chi connectivity index (χ0v) is 11.7. The number of thiazole rings is 1. The molecule has 0 spiro atoms. The van der Waals surface area contributed by atoms with Gasteiger partial charge in [-0.3, -0.25) is 0 Å². The van der Waals surface area contributed by atoms with Gasteiger partial charge in [-0.15, -0.1) is 11.3 Å². The number of para-hydroxylation sites is 1. The van der Waals surface area contributed by atoms with Crippen LogP contribution in [-0.4, -0.2) is 10.1 Å². The number of hydrogen-bond donors (Lipinski definition) is 2. The molecule has 0 unspecified atom stereocenters. The number of aryl methyl sites for hydroxylation is 1. The molecule has 0 aliphatic rings. The van der Waals surface area contributed by atoms with Crippen LogP contribution in [0.1, 0.15) is 30.0 Å². The van der Waals surface area contributed by atoms with Crippen LogP contribution >= 0.6 is 11.3 Å². The molecule has 0 saturated carbocycles. The molecule has 3 nitrogen and oxygen atoms in total. The average Bonchev–Trinajstić information content (AvgIpc) is 2.85. The van der Waals surface area contributed by atoms with Gasteiger partial charge in [0.2, 0.25) is 0 Å². The molecule has 18 heavy (non-hydrogen) atoms. The highest BCUT2D eigenvalue weighted by atomic mass is 32.1. The number of aromatic nitrogens is 1. The quantitative estimate of drug-likeness (QED) is 0.889. The number of benzene rings is 1. The van der Waals surface area contributed by atoms with Crippen molar-refractivity contribution in [1.82, 2.24) is 10.3 Å². The SMILES string of the molecule is Cc1cccc(CNC(C)(C)c2nccs2)c1O. The summed E-state index contributed by atoms with van der Waals surface area (Å²) in [6.07, 6.45) is 1.81. The van der Waals surface area contributed by atoms with E-state index in [-0.39, 0.29) is 5.54 Å². The monoisotopic (exact) mass is 262 g/mol. The molecule has 1 heterocycles. The minimum absolute atomic E-state index is 0.190. The Morgan fingerprint density at radius 1 is 1.39 bits per heavy atom. The van der Waals surface area contributed by atoms with Crippen LogP contribution in [0.2, 0.25) is 0 Å². The third kappa shape index (κ3) is 2.71. The molecular formula is C14H18N2OS. The van der Waals surface area contributed by atoms with E-state index < -0.39 is 0 Å². The van der Waals surface area contributed by atoms with Gasteiger partial charge in [-0.05, 0) is 26.3 Å². The van der Waals surface area contributed by atoms with E-state index in [1.54, 1.807) is 11.3 Å². The third-order valence-electron chi connectivity index (χ3n) is 3.01. The second-order valence-corrected chi connectivity index (χ2v) is 5.79. The van der Waals surface area contributed by atoms with Crippen LogP contribution in [0.3, 0.4) is 0 Å². The van der Waals surface area contributed by atoms with E-state index in [9.17, 15) is 5.11 Å². The summed E-state index contributed by atoms with van der Waals surface area (Å²) >= 11 is 1.64. The van der Waals surface area contributed by atoms with Gasteiger partial charge in [0.15, 0.2) is 0 Å². The van der Waals surface area contributed by atoms with Crippen molar-refractivity contribution in [3.63, 3.8) is 0 Å². The molecule has 0 atom stereocenters. The Balaban J connectivity index is 2.10. The predicted octanol–water partition coefficient (Wildman–Crippen LogP) is 3.18. The van der Waals surface area contributed by atoms with E-state index >= 15 is 0 Å². The predicted molar refractivity (Wildman–Crippen MR) is 74.8 cm³/mol. The molecule has 2 N–H and O–H groups in total. The van der Waals surface area contributed by atoms with Crippen LogP contribution < -0.4 is 5.32 Å². The molecule has 0 saturated heterocycles. The number of phenols is 1. The fourth-order valence-corrected chi connectivity index (χ4v) is 2.53. The Morgan fingerprint density at radius 2 is 2.17 bits per heavy atom. The molecule has 0 radical (unpaired) electrons. The maximum atomic E-state index is 9.97. The maximum absolute atomic E-state index is 9.97. The summed E-state index contributed by atoms with van der Waals surface area (Å²) in [6, 6.07) is 5.81. The largest absolute Gasteiger partial charge is 0.507 e. The van der Waals surface area contributed by atoms with Crippen LogP contribution in [-0.2, 0) is 12.1 Å². The summed E-state index contributed by atoms with van der Waals surface area (Å²) in [7, 11) is 0. The van der Waals surface area contributed by atoms with Gasteiger partial charge in [0.05, 0.1) is 5.54 Å². The fourth-order valence-electron chi connectivity index (χ4n) is 1.79. The van der Waals surface area contributed by atoms with Crippen molar-refractivity contribution in [3.8, 4) is 5.75 Å². The number of nitrogens with zero attached hydrogens (tertiary/aromatic N) is 1. The van der Waals surface area contributed by atoms with Gasteiger partial charge in [0.1, 0.15) is 10.8 Å². The van der Waals surface area contributed by atoms with E-state index in [0.29, 0.717) is 12.3 Å². The van der Waals surface area contributed by atoms with E-state index in [1.807, 2.05) is 36.7 Å². The lowest BCUT2D eigenvalue weighted by atomic mass is 10.0. The lowest BCUT2D eigenvalue weighted by Crippen LogP contribution is -2.35. The van der Waals surface area contributed by atoms with Gasteiger partial charge in [0, 0.05) is 23.7 Å². The summed E-state index contributed by atoms with van der Waals surface area (Å²) in [5, 5.41) is 16.4. The maximum Gasteiger partial charge on any atom is 0.122 e. The Bertz CT molecular complexity index is 521. The first kappa shape index (κ1) is 13.1. The zero-order chi connectivity index (χ0) is 13.2. The summed E-state index contributed by atoms with van der Waals surface area (Å²) < 4.78 is 0. The minimum Gasteiger partial charge on any atom is -0.507 e. The van der Waals surface area contributed by atoms with Gasteiger partial charge < -0.3 is 10.4 Å². The fraction of sp³-hybridized carbons (Fsp3) is 0.357. The lowest BCUT2D eigenvalue weighted by molar-refractivity contribution is 0.390. The Labute approximate surface area is 112 Å². The molecule has 0 bridgehead atoms. The van der Waals surface area contributed by atoms with Crippen molar-refractivity contribution in [2.24, 2.45) is 0 Å². The molecule has 0 aliphatic heterocycles. The highest BCUT2D eigenvalue weighted by molar-refractivity contribution is 7.09. The second-order valence-electron chi connectivity index (χ2n) is 4.90. The topological polar surface area (TPSA) is 45.2 Å². The molecule has 1 aromatic carbocycles. The molecule has 0 aliphatic carbocycles. The lowest BCUT2D eigenvalue weighted by Gasteiger charge is -2.24. The molecule has 0 amide bonds. The Hall–Kier alpha value is -1.39. The molecule has 1 aromatic heterocycles. The smallest absolute Gasteiger partial charge is 0.122 e. The number of aromatic hydroxyl groups is 1. The van der Waals surface area contributed by atoms with Crippen LogP contribution in [0.25, 0.3) is 0 Å². The molecule has 4 heteroatoms. The first-order valence-corrected chi connectivity index (χ1v) is 6.81. The van der Waals surface area contributed by atoms with E-state index in [2.05, 4.69) is 24.1 Å². The highest BCUT2D eigenvalue weighted by Crippen LogP contribution is 2.25. The molecule has 96 valence electrons. The average molecular weight is 262 g/mol. The van der Waals surface area contributed by atoms with Crippen LogP contribution in [0.4, 0.5) is 0 Å². The van der Waals surface area contributed by atoms with Gasteiger partial charge in [0.25, 0.3) is 0 Å². The van der Waals surface area contributed by atoms with Crippen molar-refractivity contribution in [2.75, 3.05) is 0 Å². The van der Waals surface area contributed by atoms with Crippen LogP contribution in [0, 0.1) is 6.92 Å². The zero-order valence-electron chi connectivity index (χ0n) is 10.9. The van der Waals surface area contributed by atoms with E-state index in [4.69, 9.17) is 0 Å². The summed E-state index contributed by atoms with van der Waals surface area (Å²) in [4.78, 5) is 4.33. The van der Waals surface area contributed by atoms with Crippen molar-refractivity contribution in [2.45, 2.75) is 32.9 Å². The summed E-state index contributed by atoms with van der Waals surface area (Å²) in [6.45, 7) is 6.72. The molecule has 0 fully saturated rings. The standard InChI is InChI=1S/C14H18N2OS/c1-10-5-4-6-11(12(10)17)9-16-14(2,3)13-15-7-8-18-13/h4-8,16-17H,9H2,1-3H3. The second kappa shape index (κ2) is 5.08. The third-order valence-corrected chi connectivity index (χ3v) is 4.11. The van der Waals surface area contributed by atoms with Crippen LogP contribution in [0.5, 0.6) is 5.75 Å². The molecule has 2 rings (SSSR count). The van der Waals surface area contributed by atoms with Crippen molar-refractivity contribution in [1.29, 1.82) is 0 Å². The van der Waals surface area contributed by atoms with Gasteiger partial charge >= 0.3 is 0 Å². The van der Waals surface area contributed by atoms with E-state index in [1.165, 1.54) is 0 Å².